The van der Waals surface area contributed by atoms with E-state index in [0.717, 1.165) is 30.8 Å². The lowest BCUT2D eigenvalue weighted by Crippen LogP contribution is -2.69. The fourth-order valence-electron chi connectivity index (χ4n) is 2.93. The lowest BCUT2D eigenvalue weighted by Gasteiger charge is -2.57. The Labute approximate surface area is 84.3 Å². The Morgan fingerprint density at radius 3 is 2.31 bits per heavy atom. The maximum Gasteiger partial charge on any atom is 0.0924 e. The lowest BCUT2D eigenvalue weighted by atomic mass is 9.53. The maximum atomic E-state index is 10.4. The highest BCUT2D eigenvalue weighted by molar-refractivity contribution is 7.99. The highest BCUT2D eigenvalue weighted by atomic mass is 32.2. The lowest BCUT2D eigenvalue weighted by molar-refractivity contribution is -0.100. The summed E-state index contributed by atoms with van der Waals surface area (Å²) in [4.78, 5) is 0. The van der Waals surface area contributed by atoms with Crippen molar-refractivity contribution in [1.29, 1.82) is 0 Å². The molecule has 0 spiro atoms. The van der Waals surface area contributed by atoms with Crippen LogP contribution in [0.25, 0.3) is 0 Å². The van der Waals surface area contributed by atoms with E-state index in [1.54, 1.807) is 0 Å². The van der Waals surface area contributed by atoms with Gasteiger partial charge in [-0.1, -0.05) is 13.8 Å². The minimum Gasteiger partial charge on any atom is -0.387 e. The molecule has 0 aromatic carbocycles. The van der Waals surface area contributed by atoms with Gasteiger partial charge in [-0.3, -0.25) is 0 Å². The van der Waals surface area contributed by atoms with Crippen LogP contribution in [-0.2, 0) is 0 Å². The molecule has 2 fully saturated rings. The van der Waals surface area contributed by atoms with Crippen molar-refractivity contribution < 1.29 is 5.11 Å². The molecule has 0 amide bonds. The fraction of sp³-hybridized carbons (Fsp3) is 1.00. The summed E-state index contributed by atoms with van der Waals surface area (Å²) in [6.07, 6.45) is 2.82. The quantitative estimate of drug-likeness (QED) is 0.673. The Kier molecular flexibility index (Phi) is 2.00. The Morgan fingerprint density at radius 2 is 1.92 bits per heavy atom. The molecule has 1 saturated carbocycles. The molecule has 1 atom stereocenters. The number of thioether (sulfide) groups is 1. The van der Waals surface area contributed by atoms with Gasteiger partial charge in [0.15, 0.2) is 0 Å². The Morgan fingerprint density at radius 1 is 1.31 bits per heavy atom. The monoisotopic (exact) mass is 201 g/mol. The molecule has 2 nitrogen and oxygen atoms in total. The predicted molar refractivity (Wildman–Crippen MR) is 56.8 cm³/mol. The molecule has 2 rings (SSSR count). The van der Waals surface area contributed by atoms with E-state index in [1.807, 2.05) is 11.8 Å². The van der Waals surface area contributed by atoms with Crippen molar-refractivity contribution in [3.63, 3.8) is 0 Å². The highest BCUT2D eigenvalue weighted by Crippen LogP contribution is 2.54. The van der Waals surface area contributed by atoms with Crippen LogP contribution in [0.1, 0.15) is 33.1 Å². The average molecular weight is 201 g/mol. The molecule has 76 valence electrons. The Hall–Kier alpha value is 0.270. The normalized spacial score (nSPS) is 41.5. The standard InChI is InChI=1S/C10H19NOS/c1-8(2)5-9(11,6-8)10(12)3-4-13-7-10/h12H,3-7,11H2,1-2H3. The SMILES string of the molecule is CC1(C)CC(N)(C2(O)CCSC2)C1. The van der Waals surface area contributed by atoms with Gasteiger partial charge in [0.2, 0.25) is 0 Å². The molecule has 2 aliphatic rings. The summed E-state index contributed by atoms with van der Waals surface area (Å²) in [6.45, 7) is 4.45. The first-order valence-electron chi connectivity index (χ1n) is 4.96. The fourth-order valence-corrected chi connectivity index (χ4v) is 4.33. The second kappa shape index (κ2) is 2.65. The van der Waals surface area contributed by atoms with Crippen LogP contribution in [0.4, 0.5) is 0 Å². The molecule has 1 aliphatic heterocycles. The first kappa shape index (κ1) is 9.81. The molecule has 1 saturated heterocycles. The van der Waals surface area contributed by atoms with Gasteiger partial charge in [-0.2, -0.15) is 11.8 Å². The van der Waals surface area contributed by atoms with Gasteiger partial charge < -0.3 is 10.8 Å². The van der Waals surface area contributed by atoms with Gasteiger partial charge >= 0.3 is 0 Å². The van der Waals surface area contributed by atoms with Crippen molar-refractivity contribution in [2.45, 2.75) is 44.2 Å². The van der Waals surface area contributed by atoms with Gasteiger partial charge in [0.05, 0.1) is 5.60 Å². The summed E-state index contributed by atoms with van der Waals surface area (Å²) in [5, 5.41) is 10.4. The van der Waals surface area contributed by atoms with Gasteiger partial charge in [-0.05, 0) is 30.4 Å². The van der Waals surface area contributed by atoms with Crippen LogP contribution in [-0.4, -0.2) is 27.8 Å². The molecule has 1 unspecified atom stereocenters. The number of hydrogen-bond donors (Lipinski definition) is 2. The molecule has 0 radical (unpaired) electrons. The van der Waals surface area contributed by atoms with E-state index in [-0.39, 0.29) is 5.54 Å². The van der Waals surface area contributed by atoms with E-state index in [2.05, 4.69) is 13.8 Å². The summed E-state index contributed by atoms with van der Waals surface area (Å²) in [6, 6.07) is 0. The predicted octanol–water partition coefficient (Wildman–Crippen LogP) is 1.37. The second-order valence-electron chi connectivity index (χ2n) is 5.51. The zero-order valence-corrected chi connectivity index (χ0v) is 9.28. The molecule has 0 aromatic heterocycles. The van der Waals surface area contributed by atoms with Crippen LogP contribution in [0.15, 0.2) is 0 Å². The number of rotatable bonds is 1. The van der Waals surface area contributed by atoms with Crippen molar-refractivity contribution in [3.8, 4) is 0 Å². The first-order chi connectivity index (χ1) is 5.87. The zero-order chi connectivity index (χ0) is 9.74. The third-order valence-electron chi connectivity index (χ3n) is 3.52. The Bertz CT molecular complexity index is 213. The van der Waals surface area contributed by atoms with E-state index in [9.17, 15) is 5.11 Å². The Balaban J connectivity index is 2.09. The minimum atomic E-state index is -0.576. The molecule has 13 heavy (non-hydrogen) atoms. The van der Waals surface area contributed by atoms with Crippen molar-refractivity contribution in [3.05, 3.63) is 0 Å². The van der Waals surface area contributed by atoms with Crippen LogP contribution in [0, 0.1) is 5.41 Å². The summed E-state index contributed by atoms with van der Waals surface area (Å²) in [5.74, 6) is 1.90. The smallest absolute Gasteiger partial charge is 0.0924 e. The van der Waals surface area contributed by atoms with Crippen LogP contribution in [0.3, 0.4) is 0 Å². The first-order valence-corrected chi connectivity index (χ1v) is 6.12. The van der Waals surface area contributed by atoms with Gasteiger partial charge in [0.25, 0.3) is 0 Å². The van der Waals surface area contributed by atoms with Gasteiger partial charge in [-0.25, -0.2) is 0 Å². The van der Waals surface area contributed by atoms with Crippen molar-refractivity contribution in [2.24, 2.45) is 11.1 Å². The molecular weight excluding hydrogens is 182 g/mol. The van der Waals surface area contributed by atoms with Gasteiger partial charge in [0.1, 0.15) is 0 Å². The topological polar surface area (TPSA) is 46.2 Å². The van der Waals surface area contributed by atoms with E-state index in [1.165, 1.54) is 0 Å². The third-order valence-corrected chi connectivity index (χ3v) is 4.69. The molecule has 1 aliphatic carbocycles. The summed E-state index contributed by atoms with van der Waals surface area (Å²) >= 11 is 1.83. The largest absolute Gasteiger partial charge is 0.387 e. The molecule has 0 aromatic rings. The van der Waals surface area contributed by atoms with E-state index in [0.29, 0.717) is 5.41 Å². The highest BCUT2D eigenvalue weighted by Gasteiger charge is 2.59. The van der Waals surface area contributed by atoms with E-state index >= 15 is 0 Å². The van der Waals surface area contributed by atoms with E-state index < -0.39 is 5.60 Å². The molecule has 3 heteroatoms. The van der Waals surface area contributed by atoms with Crippen LogP contribution >= 0.6 is 11.8 Å². The molecule has 1 heterocycles. The average Bonchev–Trinajstić information content (AvgIpc) is 2.32. The van der Waals surface area contributed by atoms with Crippen molar-refractivity contribution in [1.82, 2.24) is 0 Å². The molecular formula is C10H19NOS. The van der Waals surface area contributed by atoms with Crippen LogP contribution in [0.5, 0.6) is 0 Å². The summed E-state index contributed by atoms with van der Waals surface area (Å²) in [5.41, 5.74) is 5.73. The van der Waals surface area contributed by atoms with Crippen molar-refractivity contribution in [2.75, 3.05) is 11.5 Å². The number of nitrogens with two attached hydrogens (primary N) is 1. The number of aliphatic hydroxyl groups is 1. The maximum absolute atomic E-state index is 10.4. The summed E-state index contributed by atoms with van der Waals surface area (Å²) < 4.78 is 0. The molecule has 0 bridgehead atoms. The minimum absolute atomic E-state index is 0.292. The zero-order valence-electron chi connectivity index (χ0n) is 8.47. The van der Waals surface area contributed by atoms with Gasteiger partial charge in [0, 0.05) is 11.3 Å². The van der Waals surface area contributed by atoms with Crippen LogP contribution in [0.2, 0.25) is 0 Å². The molecule has 3 N–H and O–H groups in total. The van der Waals surface area contributed by atoms with E-state index in [4.69, 9.17) is 5.73 Å². The number of hydrogen-bond acceptors (Lipinski definition) is 3. The van der Waals surface area contributed by atoms with Crippen LogP contribution < -0.4 is 5.73 Å². The third kappa shape index (κ3) is 1.41. The van der Waals surface area contributed by atoms with Gasteiger partial charge in [-0.15, -0.1) is 0 Å². The summed E-state index contributed by atoms with van der Waals surface area (Å²) in [7, 11) is 0. The van der Waals surface area contributed by atoms with Crippen molar-refractivity contribution >= 4 is 11.8 Å². The second-order valence-corrected chi connectivity index (χ2v) is 6.61.